The Hall–Kier alpha value is -1.27. The molecule has 6 heteroatoms. The topological polar surface area (TPSA) is 75.6 Å². The van der Waals surface area contributed by atoms with E-state index in [1.54, 1.807) is 6.07 Å². The van der Waals surface area contributed by atoms with Crippen molar-refractivity contribution in [3.05, 3.63) is 29.2 Å². The number of sulfonamides is 1. The van der Waals surface area contributed by atoms with E-state index in [2.05, 4.69) is 9.90 Å². The third-order valence-corrected chi connectivity index (χ3v) is 2.98. The third kappa shape index (κ3) is 1.90. The molecule has 1 aromatic rings. The molecule has 0 fully saturated rings. The van der Waals surface area contributed by atoms with Gasteiger partial charge in [-0.05, 0) is 24.4 Å². The van der Waals surface area contributed by atoms with Gasteiger partial charge in [-0.3, -0.25) is 0 Å². The number of benzene rings is 1. The van der Waals surface area contributed by atoms with Gasteiger partial charge >= 0.3 is 0 Å². The highest BCUT2D eigenvalue weighted by molar-refractivity contribution is 7.89. The van der Waals surface area contributed by atoms with Gasteiger partial charge in [0.15, 0.2) is 0 Å². The molecule has 0 unspecified atom stereocenters. The van der Waals surface area contributed by atoms with Crippen LogP contribution in [0, 0.1) is 4.91 Å². The molecule has 0 saturated carbocycles. The predicted molar refractivity (Wildman–Crippen MR) is 48.1 cm³/mol. The summed E-state index contributed by atoms with van der Waals surface area (Å²) in [4.78, 5) is 10.1. The van der Waals surface area contributed by atoms with E-state index in [0.29, 0.717) is 0 Å². The summed E-state index contributed by atoms with van der Waals surface area (Å²) in [5, 5.41) is 2.62. The first kappa shape index (κ1) is 9.82. The van der Waals surface area contributed by atoms with Crippen LogP contribution >= 0.6 is 0 Å². The van der Waals surface area contributed by atoms with E-state index in [-0.39, 0.29) is 10.6 Å². The molecule has 0 atom stereocenters. The highest BCUT2D eigenvalue weighted by Gasteiger charge is 2.15. The highest BCUT2D eigenvalue weighted by Crippen LogP contribution is 2.22. The zero-order valence-corrected chi connectivity index (χ0v) is 7.71. The van der Waals surface area contributed by atoms with Gasteiger partial charge in [0.05, 0.1) is 0 Å². The van der Waals surface area contributed by atoms with Crippen LogP contribution in [0.4, 0.5) is 5.69 Å². The van der Waals surface area contributed by atoms with Crippen molar-refractivity contribution in [2.45, 2.75) is 4.90 Å². The van der Waals surface area contributed by atoms with Crippen molar-refractivity contribution in [2.24, 2.45) is 5.18 Å². The number of nitrogens with zero attached hydrogens (tertiary/aromatic N) is 1. The molecule has 1 N–H and O–H groups in total. The van der Waals surface area contributed by atoms with E-state index in [0.717, 1.165) is 0 Å². The van der Waals surface area contributed by atoms with Crippen LogP contribution in [-0.2, 0) is 10.0 Å². The van der Waals surface area contributed by atoms with E-state index < -0.39 is 10.0 Å². The van der Waals surface area contributed by atoms with Crippen LogP contribution in [0.25, 0.3) is 0 Å². The lowest BCUT2D eigenvalue weighted by atomic mass is 10.3. The van der Waals surface area contributed by atoms with Crippen LogP contribution in [0.5, 0.6) is 0 Å². The summed E-state index contributed by atoms with van der Waals surface area (Å²) in [5.41, 5.74) is -0.0862. The monoisotopic (exact) mass is 200 g/mol. The number of hydrogen-bond donors (Lipinski definition) is 1. The second-order valence-corrected chi connectivity index (χ2v) is 4.12. The summed E-state index contributed by atoms with van der Waals surface area (Å²) < 4.78 is 24.6. The van der Waals surface area contributed by atoms with Gasteiger partial charge in [-0.1, -0.05) is 12.1 Å². The van der Waals surface area contributed by atoms with E-state index in [4.69, 9.17) is 0 Å². The Bertz CT molecular complexity index is 414. The largest absolute Gasteiger partial charge is 0.242 e. The van der Waals surface area contributed by atoms with Crippen molar-refractivity contribution in [2.75, 3.05) is 7.05 Å². The fourth-order valence-electron chi connectivity index (χ4n) is 0.870. The molecule has 0 heterocycles. The van der Waals surface area contributed by atoms with Crippen molar-refractivity contribution >= 4 is 15.7 Å². The number of hydrogen-bond acceptors (Lipinski definition) is 4. The summed E-state index contributed by atoms with van der Waals surface area (Å²) in [5.74, 6) is 0. The SMILES string of the molecule is CNS(=O)(=O)c1ccccc1N=O. The third-order valence-electron chi connectivity index (χ3n) is 1.52. The zero-order valence-electron chi connectivity index (χ0n) is 6.89. The van der Waals surface area contributed by atoms with Gasteiger partial charge in [-0.15, -0.1) is 4.91 Å². The minimum Gasteiger partial charge on any atom is -0.214 e. The van der Waals surface area contributed by atoms with Crippen LogP contribution in [0.1, 0.15) is 0 Å². The second kappa shape index (κ2) is 3.63. The Labute approximate surface area is 75.8 Å². The minimum absolute atomic E-state index is 0.0862. The molecular weight excluding hydrogens is 192 g/mol. The number of nitroso groups, excluding NO2 is 1. The number of nitrogens with one attached hydrogen (secondary N) is 1. The van der Waals surface area contributed by atoms with Gasteiger partial charge in [0.1, 0.15) is 10.6 Å². The van der Waals surface area contributed by atoms with Crippen molar-refractivity contribution in [1.82, 2.24) is 4.72 Å². The molecule has 0 bridgehead atoms. The average Bonchev–Trinajstić information content (AvgIpc) is 2.18. The fraction of sp³-hybridized carbons (Fsp3) is 0.143. The molecule has 5 nitrogen and oxygen atoms in total. The van der Waals surface area contributed by atoms with E-state index in [1.807, 2.05) is 0 Å². The molecule has 1 aromatic carbocycles. The normalized spacial score (nSPS) is 11.2. The van der Waals surface area contributed by atoms with Crippen molar-refractivity contribution < 1.29 is 8.42 Å². The van der Waals surface area contributed by atoms with Crippen LogP contribution in [0.2, 0.25) is 0 Å². The van der Waals surface area contributed by atoms with Crippen LogP contribution in [-0.4, -0.2) is 15.5 Å². The molecule has 0 spiro atoms. The first-order chi connectivity index (χ1) is 6.11. The second-order valence-electron chi connectivity index (χ2n) is 2.27. The molecule has 70 valence electrons. The lowest BCUT2D eigenvalue weighted by Crippen LogP contribution is -2.18. The fourth-order valence-corrected chi connectivity index (χ4v) is 1.73. The van der Waals surface area contributed by atoms with Gasteiger partial charge in [-0.2, -0.15) is 0 Å². The molecule has 0 aromatic heterocycles. The molecule has 0 aliphatic rings. The molecule has 0 saturated heterocycles. The predicted octanol–water partition coefficient (Wildman–Crippen LogP) is 0.993. The van der Waals surface area contributed by atoms with Gasteiger partial charge in [0, 0.05) is 0 Å². The van der Waals surface area contributed by atoms with Gasteiger partial charge in [0.25, 0.3) is 0 Å². The van der Waals surface area contributed by atoms with Crippen molar-refractivity contribution in [3.63, 3.8) is 0 Å². The summed E-state index contributed by atoms with van der Waals surface area (Å²) >= 11 is 0. The molecule has 1 rings (SSSR count). The lowest BCUT2D eigenvalue weighted by molar-refractivity contribution is 0.588. The summed E-state index contributed by atoms with van der Waals surface area (Å²) in [6, 6.07) is 5.74. The van der Waals surface area contributed by atoms with Gasteiger partial charge in [0.2, 0.25) is 10.0 Å². The van der Waals surface area contributed by atoms with Crippen molar-refractivity contribution in [1.29, 1.82) is 0 Å². The van der Waals surface area contributed by atoms with E-state index in [9.17, 15) is 13.3 Å². The Kier molecular flexibility index (Phi) is 2.74. The Morgan fingerprint density at radius 2 is 1.92 bits per heavy atom. The van der Waals surface area contributed by atoms with Crippen molar-refractivity contribution in [3.8, 4) is 0 Å². The smallest absolute Gasteiger partial charge is 0.214 e. The minimum atomic E-state index is -3.58. The first-order valence-electron chi connectivity index (χ1n) is 3.48. The summed E-state index contributed by atoms with van der Waals surface area (Å²) in [6.45, 7) is 0. The van der Waals surface area contributed by atoms with Crippen LogP contribution < -0.4 is 4.72 Å². The van der Waals surface area contributed by atoms with E-state index in [1.165, 1.54) is 25.2 Å². The maximum atomic E-state index is 11.3. The molecule has 0 aliphatic carbocycles. The molecule has 0 aliphatic heterocycles. The van der Waals surface area contributed by atoms with Crippen LogP contribution in [0.15, 0.2) is 34.3 Å². The molecule has 0 amide bonds. The maximum absolute atomic E-state index is 11.3. The van der Waals surface area contributed by atoms with Crippen LogP contribution in [0.3, 0.4) is 0 Å². The van der Waals surface area contributed by atoms with E-state index >= 15 is 0 Å². The maximum Gasteiger partial charge on any atom is 0.242 e. The molecular formula is C7H8N2O3S. The Morgan fingerprint density at radius 3 is 2.46 bits per heavy atom. The zero-order chi connectivity index (χ0) is 9.90. The van der Waals surface area contributed by atoms with Gasteiger partial charge < -0.3 is 0 Å². The summed E-state index contributed by atoms with van der Waals surface area (Å²) in [6.07, 6.45) is 0. The average molecular weight is 200 g/mol. The molecule has 13 heavy (non-hydrogen) atoms. The quantitative estimate of drug-likeness (QED) is 0.739. The molecule has 0 radical (unpaired) electrons. The Balaban J connectivity index is 3.37. The highest BCUT2D eigenvalue weighted by atomic mass is 32.2. The standard InChI is InChI=1S/C7H8N2O3S/c1-8-13(11,12)7-5-3-2-4-6(7)9-10/h2-5,8H,1H3. The Morgan fingerprint density at radius 1 is 1.31 bits per heavy atom. The van der Waals surface area contributed by atoms with Gasteiger partial charge in [-0.25, -0.2) is 13.1 Å². The number of rotatable bonds is 3. The first-order valence-corrected chi connectivity index (χ1v) is 4.96. The lowest BCUT2D eigenvalue weighted by Gasteiger charge is -2.02. The summed E-state index contributed by atoms with van der Waals surface area (Å²) in [7, 11) is -2.31.